The monoisotopic (exact) mass is 614 g/mol. The van der Waals surface area contributed by atoms with Crippen LogP contribution in [-0.2, 0) is 6.42 Å². The number of hydrogen-bond donors (Lipinski definition) is 0. The van der Waals surface area contributed by atoms with E-state index in [4.69, 9.17) is 0 Å². The third-order valence-electron chi connectivity index (χ3n) is 9.60. The van der Waals surface area contributed by atoms with E-state index in [0.29, 0.717) is 0 Å². The highest BCUT2D eigenvalue weighted by atomic mass is 15.0. The zero-order chi connectivity index (χ0) is 32.0. The molecule has 48 heavy (non-hydrogen) atoms. The minimum Gasteiger partial charge on any atom is -0.309 e. The molecule has 9 aromatic rings. The maximum absolute atomic E-state index is 2.46. The number of allylic oxidation sites excluding steroid dienone is 3. The van der Waals surface area contributed by atoms with Gasteiger partial charge in [0.25, 0.3) is 0 Å². The summed E-state index contributed by atoms with van der Waals surface area (Å²) in [6, 6.07) is 57.4. The molecular weight excluding hydrogens is 581 g/mol. The van der Waals surface area contributed by atoms with Crippen molar-refractivity contribution in [3.05, 3.63) is 187 Å². The van der Waals surface area contributed by atoms with E-state index in [1.54, 1.807) is 0 Å². The fraction of sp³-hybridized carbons (Fsp3) is 0.0435. The first-order chi connectivity index (χ1) is 23.8. The van der Waals surface area contributed by atoms with Crippen molar-refractivity contribution in [3.63, 3.8) is 0 Å². The van der Waals surface area contributed by atoms with Crippen LogP contribution in [0.25, 0.3) is 71.8 Å². The van der Waals surface area contributed by atoms with Gasteiger partial charge in [-0.3, -0.25) is 0 Å². The summed E-state index contributed by atoms with van der Waals surface area (Å²) in [7, 11) is 0. The predicted molar refractivity (Wildman–Crippen MR) is 206 cm³/mol. The molecule has 0 fully saturated rings. The molecule has 0 unspecified atom stereocenters. The molecular formula is C46H34N2. The van der Waals surface area contributed by atoms with Gasteiger partial charge in [0.1, 0.15) is 0 Å². The van der Waals surface area contributed by atoms with Gasteiger partial charge < -0.3 is 9.13 Å². The Bertz CT molecular complexity index is 2670. The summed E-state index contributed by atoms with van der Waals surface area (Å²) in [6.07, 6.45) is 7.61. The van der Waals surface area contributed by atoms with Gasteiger partial charge in [-0.05, 0) is 77.9 Å². The molecule has 0 radical (unpaired) electrons. The lowest BCUT2D eigenvalue weighted by Gasteiger charge is -2.12. The lowest BCUT2D eigenvalue weighted by molar-refractivity contribution is 1.18. The molecule has 2 heteroatoms. The summed E-state index contributed by atoms with van der Waals surface area (Å²) in [4.78, 5) is 0. The van der Waals surface area contributed by atoms with Crippen LogP contribution < -0.4 is 0 Å². The SMILES string of the molecule is C/C=C\C(=C/c1ccc(Cc2ccccc2)cc1)n1c2ccccc2c2cc3c4ccc5ccccc5c4n(-c4ccccc4)c3cc21. The summed E-state index contributed by atoms with van der Waals surface area (Å²) in [5, 5.41) is 7.55. The van der Waals surface area contributed by atoms with Gasteiger partial charge in [-0.25, -0.2) is 0 Å². The van der Waals surface area contributed by atoms with Crippen molar-refractivity contribution in [1.82, 2.24) is 9.13 Å². The molecule has 0 atom stereocenters. The second-order valence-electron chi connectivity index (χ2n) is 12.6. The van der Waals surface area contributed by atoms with E-state index in [1.807, 2.05) is 0 Å². The Morgan fingerprint density at radius 3 is 1.98 bits per heavy atom. The third kappa shape index (κ3) is 4.65. The van der Waals surface area contributed by atoms with Crippen LogP contribution in [0.1, 0.15) is 23.6 Å². The molecule has 7 aromatic carbocycles. The molecule has 0 aliphatic carbocycles. The minimum absolute atomic E-state index is 0.931. The largest absolute Gasteiger partial charge is 0.309 e. The Labute approximate surface area is 280 Å². The molecule has 0 N–H and O–H groups in total. The first-order valence-electron chi connectivity index (χ1n) is 16.7. The number of benzene rings is 7. The first kappa shape index (κ1) is 28.1. The van der Waals surface area contributed by atoms with Gasteiger partial charge in [0.2, 0.25) is 0 Å². The Morgan fingerprint density at radius 1 is 0.521 bits per heavy atom. The van der Waals surface area contributed by atoms with Crippen LogP contribution in [-0.4, -0.2) is 9.13 Å². The minimum atomic E-state index is 0.931. The molecule has 9 rings (SSSR count). The first-order valence-corrected chi connectivity index (χ1v) is 16.7. The van der Waals surface area contributed by atoms with E-state index >= 15 is 0 Å². The van der Waals surface area contributed by atoms with Crippen LogP contribution in [0.15, 0.2) is 170 Å². The van der Waals surface area contributed by atoms with Crippen molar-refractivity contribution in [3.8, 4) is 5.69 Å². The van der Waals surface area contributed by atoms with Gasteiger partial charge in [0.05, 0.1) is 22.1 Å². The van der Waals surface area contributed by atoms with E-state index in [0.717, 1.165) is 17.8 Å². The second-order valence-corrected chi connectivity index (χ2v) is 12.6. The number of fused-ring (bicyclic) bond motifs is 8. The van der Waals surface area contributed by atoms with Crippen molar-refractivity contribution in [2.75, 3.05) is 0 Å². The van der Waals surface area contributed by atoms with E-state index in [1.165, 1.54) is 71.1 Å². The lowest BCUT2D eigenvalue weighted by atomic mass is 10.0. The van der Waals surface area contributed by atoms with Crippen molar-refractivity contribution >= 4 is 66.2 Å². The summed E-state index contributed by atoms with van der Waals surface area (Å²) in [6.45, 7) is 2.10. The van der Waals surface area contributed by atoms with Crippen LogP contribution in [0.3, 0.4) is 0 Å². The van der Waals surface area contributed by atoms with Crippen molar-refractivity contribution in [2.24, 2.45) is 0 Å². The van der Waals surface area contributed by atoms with Crippen molar-refractivity contribution in [2.45, 2.75) is 13.3 Å². The zero-order valence-corrected chi connectivity index (χ0v) is 26.8. The van der Waals surface area contributed by atoms with Gasteiger partial charge in [0.15, 0.2) is 0 Å². The van der Waals surface area contributed by atoms with E-state index in [2.05, 4.69) is 192 Å². The third-order valence-corrected chi connectivity index (χ3v) is 9.60. The number of hydrogen-bond acceptors (Lipinski definition) is 0. The molecule has 0 aliphatic rings. The van der Waals surface area contributed by atoms with Crippen molar-refractivity contribution < 1.29 is 0 Å². The summed E-state index contributed by atoms with van der Waals surface area (Å²) in [5.74, 6) is 0. The number of nitrogens with zero attached hydrogens (tertiary/aromatic N) is 2. The Balaban J connectivity index is 1.30. The van der Waals surface area contributed by atoms with Gasteiger partial charge >= 0.3 is 0 Å². The van der Waals surface area contributed by atoms with Crippen LogP contribution >= 0.6 is 0 Å². The Hall–Kier alpha value is -6.12. The van der Waals surface area contributed by atoms with E-state index in [-0.39, 0.29) is 0 Å². The van der Waals surface area contributed by atoms with Gasteiger partial charge in [-0.15, -0.1) is 0 Å². The predicted octanol–water partition coefficient (Wildman–Crippen LogP) is 12.2. The molecule has 0 saturated carbocycles. The number of rotatable bonds is 6. The topological polar surface area (TPSA) is 9.86 Å². The Kier molecular flexibility index (Phi) is 6.80. The van der Waals surface area contributed by atoms with E-state index < -0.39 is 0 Å². The molecule has 0 spiro atoms. The second kappa shape index (κ2) is 11.6. The number of aromatic nitrogens is 2. The molecule has 228 valence electrons. The summed E-state index contributed by atoms with van der Waals surface area (Å²) < 4.78 is 4.89. The van der Waals surface area contributed by atoms with Gasteiger partial charge in [0, 0.05) is 38.3 Å². The zero-order valence-electron chi connectivity index (χ0n) is 26.8. The molecule has 2 nitrogen and oxygen atoms in total. The van der Waals surface area contributed by atoms with Crippen LogP contribution in [0, 0.1) is 0 Å². The average molecular weight is 615 g/mol. The van der Waals surface area contributed by atoms with Crippen LogP contribution in [0.5, 0.6) is 0 Å². The lowest BCUT2D eigenvalue weighted by Crippen LogP contribution is -1.97. The standard InChI is InChI=1S/C46H34N2/c1-2-13-37(29-34-24-22-33(23-25-34)28-32-14-5-3-6-15-32)47-43-21-12-11-20-39(43)41-30-42-40-27-26-35-16-9-10-19-38(35)46(40)48(45(42)31-44(41)47)36-17-7-4-8-18-36/h2-27,29-31H,28H2,1H3/b13-2-,37-29+. The maximum atomic E-state index is 2.46. The van der Waals surface area contributed by atoms with Crippen LogP contribution in [0.4, 0.5) is 0 Å². The molecule has 0 saturated heterocycles. The molecule has 2 aromatic heterocycles. The molecule has 0 amide bonds. The average Bonchev–Trinajstić information content (AvgIpc) is 3.64. The van der Waals surface area contributed by atoms with Crippen molar-refractivity contribution in [1.29, 1.82) is 0 Å². The number of para-hydroxylation sites is 2. The highest BCUT2D eigenvalue weighted by Gasteiger charge is 2.20. The van der Waals surface area contributed by atoms with E-state index in [9.17, 15) is 0 Å². The molecule has 2 heterocycles. The van der Waals surface area contributed by atoms with Gasteiger partial charge in [-0.2, -0.15) is 0 Å². The normalized spacial score (nSPS) is 12.4. The van der Waals surface area contributed by atoms with Gasteiger partial charge in [-0.1, -0.05) is 133 Å². The fourth-order valence-electron chi connectivity index (χ4n) is 7.45. The highest BCUT2D eigenvalue weighted by molar-refractivity contribution is 6.23. The quantitative estimate of drug-likeness (QED) is 0.165. The smallest absolute Gasteiger partial charge is 0.0619 e. The maximum Gasteiger partial charge on any atom is 0.0619 e. The molecule has 0 bridgehead atoms. The highest BCUT2D eigenvalue weighted by Crippen LogP contribution is 2.41. The van der Waals surface area contributed by atoms with Crippen LogP contribution in [0.2, 0.25) is 0 Å². The Morgan fingerprint density at radius 2 is 1.19 bits per heavy atom. The summed E-state index contributed by atoms with van der Waals surface area (Å²) >= 11 is 0. The molecule has 0 aliphatic heterocycles. The summed E-state index contributed by atoms with van der Waals surface area (Å²) in [5.41, 5.74) is 11.0. The fourth-order valence-corrected chi connectivity index (χ4v) is 7.45.